The molecule has 0 atom stereocenters. The molecule has 0 spiro atoms. The van der Waals surface area contributed by atoms with Gasteiger partial charge in [0.1, 0.15) is 0 Å². The molecule has 0 fully saturated rings. The zero-order valence-electron chi connectivity index (χ0n) is 10.1. The van der Waals surface area contributed by atoms with Crippen LogP contribution >= 0.6 is 12.4 Å². The average Bonchev–Trinajstić information content (AvgIpc) is 2.40. The summed E-state index contributed by atoms with van der Waals surface area (Å²) in [6, 6.07) is 20.7. The molecule has 0 amide bonds. The van der Waals surface area contributed by atoms with Crippen molar-refractivity contribution < 1.29 is 0 Å². The number of pyridine rings is 1. The molecule has 3 aromatic rings. The Hall–Kier alpha value is -1.86. The van der Waals surface area contributed by atoms with E-state index >= 15 is 0 Å². The number of hydrogen-bond donors (Lipinski definition) is 0. The first-order valence-corrected chi connectivity index (χ1v) is 5.76. The van der Waals surface area contributed by atoms with E-state index in [2.05, 4.69) is 43.3 Å². The molecule has 1 nitrogen and oxygen atoms in total. The average molecular weight is 256 g/mol. The largest absolute Gasteiger partial charge is 0.248 e. The summed E-state index contributed by atoms with van der Waals surface area (Å²) < 4.78 is 0. The van der Waals surface area contributed by atoms with E-state index in [1.54, 1.807) is 0 Å². The topological polar surface area (TPSA) is 12.9 Å². The summed E-state index contributed by atoms with van der Waals surface area (Å²) in [6.07, 6.45) is 0. The number of hydrogen-bond acceptors (Lipinski definition) is 1. The van der Waals surface area contributed by atoms with Crippen LogP contribution in [-0.4, -0.2) is 4.98 Å². The molecule has 1 heterocycles. The molecule has 0 radical (unpaired) electrons. The molecule has 18 heavy (non-hydrogen) atoms. The van der Waals surface area contributed by atoms with Gasteiger partial charge in [-0.1, -0.05) is 48.5 Å². The van der Waals surface area contributed by atoms with Gasteiger partial charge in [-0.05, 0) is 24.6 Å². The fourth-order valence-corrected chi connectivity index (χ4v) is 2.11. The minimum absolute atomic E-state index is 0. The minimum Gasteiger partial charge on any atom is -0.248 e. The van der Waals surface area contributed by atoms with Crippen molar-refractivity contribution in [3.8, 4) is 11.3 Å². The van der Waals surface area contributed by atoms with Crippen molar-refractivity contribution in [1.82, 2.24) is 4.98 Å². The van der Waals surface area contributed by atoms with E-state index < -0.39 is 0 Å². The molecular weight excluding hydrogens is 242 g/mol. The monoisotopic (exact) mass is 255 g/mol. The Bertz CT molecular complexity index is 662. The van der Waals surface area contributed by atoms with Gasteiger partial charge in [0.25, 0.3) is 0 Å². The first kappa shape index (κ1) is 12.6. The Balaban J connectivity index is 0.00000120. The minimum atomic E-state index is 0. The molecule has 0 aliphatic carbocycles. The summed E-state index contributed by atoms with van der Waals surface area (Å²) in [5, 5.41) is 1.23. The van der Waals surface area contributed by atoms with Crippen LogP contribution in [0, 0.1) is 6.92 Å². The van der Waals surface area contributed by atoms with Gasteiger partial charge in [-0.3, -0.25) is 0 Å². The van der Waals surface area contributed by atoms with E-state index in [0.29, 0.717) is 0 Å². The van der Waals surface area contributed by atoms with Crippen LogP contribution in [0.2, 0.25) is 0 Å². The van der Waals surface area contributed by atoms with Crippen molar-refractivity contribution in [3.63, 3.8) is 0 Å². The van der Waals surface area contributed by atoms with Crippen molar-refractivity contribution in [3.05, 3.63) is 66.2 Å². The van der Waals surface area contributed by atoms with Crippen LogP contribution in [-0.2, 0) is 0 Å². The Labute approximate surface area is 113 Å². The Morgan fingerprint density at radius 2 is 1.50 bits per heavy atom. The number of aromatic nitrogens is 1. The van der Waals surface area contributed by atoms with Crippen molar-refractivity contribution in [2.24, 2.45) is 0 Å². The summed E-state index contributed by atoms with van der Waals surface area (Å²) >= 11 is 0. The second-order valence-electron chi connectivity index (χ2n) is 4.21. The highest BCUT2D eigenvalue weighted by Crippen LogP contribution is 2.23. The second kappa shape index (κ2) is 5.19. The van der Waals surface area contributed by atoms with Crippen molar-refractivity contribution in [1.29, 1.82) is 0 Å². The third-order valence-electron chi connectivity index (χ3n) is 2.99. The highest BCUT2D eigenvalue weighted by Gasteiger charge is 2.03. The van der Waals surface area contributed by atoms with Gasteiger partial charge in [0.15, 0.2) is 0 Å². The molecule has 0 saturated heterocycles. The van der Waals surface area contributed by atoms with Gasteiger partial charge in [0, 0.05) is 10.9 Å². The fraction of sp³-hybridized carbons (Fsp3) is 0.0625. The van der Waals surface area contributed by atoms with E-state index in [9.17, 15) is 0 Å². The van der Waals surface area contributed by atoms with Crippen molar-refractivity contribution in [2.75, 3.05) is 0 Å². The molecule has 1 aromatic heterocycles. The lowest BCUT2D eigenvalue weighted by molar-refractivity contribution is 1.36. The van der Waals surface area contributed by atoms with Crippen LogP contribution in [0.15, 0.2) is 60.7 Å². The third kappa shape index (κ3) is 2.22. The first-order chi connectivity index (χ1) is 8.34. The van der Waals surface area contributed by atoms with Gasteiger partial charge in [-0.2, -0.15) is 0 Å². The summed E-state index contributed by atoms with van der Waals surface area (Å²) in [6.45, 7) is 2.14. The Morgan fingerprint density at radius 1 is 0.833 bits per heavy atom. The highest BCUT2D eigenvalue weighted by atomic mass is 35.5. The van der Waals surface area contributed by atoms with Gasteiger partial charge >= 0.3 is 0 Å². The van der Waals surface area contributed by atoms with Gasteiger partial charge in [0.05, 0.1) is 11.2 Å². The van der Waals surface area contributed by atoms with Crippen molar-refractivity contribution in [2.45, 2.75) is 6.92 Å². The Morgan fingerprint density at radius 3 is 2.28 bits per heavy atom. The van der Waals surface area contributed by atoms with E-state index in [1.165, 1.54) is 16.5 Å². The summed E-state index contributed by atoms with van der Waals surface area (Å²) in [4.78, 5) is 4.71. The van der Waals surface area contributed by atoms with Gasteiger partial charge in [-0.25, -0.2) is 4.98 Å². The van der Waals surface area contributed by atoms with Gasteiger partial charge < -0.3 is 0 Å². The van der Waals surface area contributed by atoms with Crippen molar-refractivity contribution >= 4 is 23.3 Å². The predicted molar refractivity (Wildman–Crippen MR) is 79.2 cm³/mol. The van der Waals surface area contributed by atoms with Crippen LogP contribution in [0.5, 0.6) is 0 Å². The molecule has 0 unspecified atom stereocenters. The molecule has 0 N–H and O–H groups in total. The first-order valence-electron chi connectivity index (χ1n) is 5.76. The number of halogens is 1. The van der Waals surface area contributed by atoms with E-state index in [4.69, 9.17) is 4.98 Å². The lowest BCUT2D eigenvalue weighted by atomic mass is 10.1. The maximum Gasteiger partial charge on any atom is 0.0712 e. The van der Waals surface area contributed by atoms with Crippen LogP contribution < -0.4 is 0 Å². The number of benzene rings is 2. The molecule has 0 aliphatic rings. The smallest absolute Gasteiger partial charge is 0.0712 e. The lowest BCUT2D eigenvalue weighted by Gasteiger charge is -2.06. The molecule has 0 bridgehead atoms. The van der Waals surface area contributed by atoms with E-state index in [1.807, 2.05) is 24.3 Å². The summed E-state index contributed by atoms with van der Waals surface area (Å²) in [5.41, 5.74) is 4.55. The molecule has 0 saturated carbocycles. The quantitative estimate of drug-likeness (QED) is 0.618. The summed E-state index contributed by atoms with van der Waals surface area (Å²) in [7, 11) is 0. The summed E-state index contributed by atoms with van der Waals surface area (Å²) in [5.74, 6) is 0. The SMILES string of the molecule is Cc1cc(-c2ccccc2)nc2ccccc12.Cl. The van der Waals surface area contributed by atoms with Gasteiger partial charge in [-0.15, -0.1) is 12.4 Å². The number of para-hydroxylation sites is 1. The van der Waals surface area contributed by atoms with E-state index in [-0.39, 0.29) is 12.4 Å². The van der Waals surface area contributed by atoms with Crippen LogP contribution in [0.1, 0.15) is 5.56 Å². The molecule has 0 aliphatic heterocycles. The molecule has 3 rings (SSSR count). The molecular formula is C16H14ClN. The predicted octanol–water partition coefficient (Wildman–Crippen LogP) is 4.63. The maximum atomic E-state index is 4.71. The second-order valence-corrected chi connectivity index (χ2v) is 4.21. The Kier molecular flexibility index (Phi) is 3.63. The number of nitrogens with zero attached hydrogens (tertiary/aromatic N) is 1. The lowest BCUT2D eigenvalue weighted by Crippen LogP contribution is -1.88. The number of fused-ring (bicyclic) bond motifs is 1. The highest BCUT2D eigenvalue weighted by molar-refractivity contribution is 5.85. The number of rotatable bonds is 1. The zero-order valence-corrected chi connectivity index (χ0v) is 10.9. The van der Waals surface area contributed by atoms with Crippen LogP contribution in [0.4, 0.5) is 0 Å². The zero-order chi connectivity index (χ0) is 11.7. The van der Waals surface area contributed by atoms with E-state index in [0.717, 1.165) is 11.2 Å². The standard InChI is InChI=1S/C16H13N.ClH/c1-12-11-16(13-7-3-2-4-8-13)17-15-10-6-5-9-14(12)15;/h2-11H,1H3;1H. The fourth-order valence-electron chi connectivity index (χ4n) is 2.11. The molecule has 2 aromatic carbocycles. The maximum absolute atomic E-state index is 4.71. The normalized spacial score (nSPS) is 10.1. The third-order valence-corrected chi connectivity index (χ3v) is 2.99. The number of aryl methyl sites for hydroxylation is 1. The molecule has 90 valence electrons. The molecule has 2 heteroatoms. The van der Waals surface area contributed by atoms with Crippen LogP contribution in [0.25, 0.3) is 22.2 Å². The van der Waals surface area contributed by atoms with Gasteiger partial charge in [0.2, 0.25) is 0 Å². The van der Waals surface area contributed by atoms with Crippen LogP contribution in [0.3, 0.4) is 0 Å².